The molecule has 6 heteroatoms. The number of amides is 3. The Morgan fingerprint density at radius 3 is 2.33 bits per heavy atom. The van der Waals surface area contributed by atoms with Gasteiger partial charge < -0.3 is 20.7 Å². The van der Waals surface area contributed by atoms with Gasteiger partial charge in [-0.3, -0.25) is 4.79 Å². The van der Waals surface area contributed by atoms with Crippen molar-refractivity contribution in [2.75, 3.05) is 17.2 Å². The highest BCUT2D eigenvalue weighted by Crippen LogP contribution is 2.19. The fourth-order valence-corrected chi connectivity index (χ4v) is 3.07. The Labute approximate surface area is 159 Å². The van der Waals surface area contributed by atoms with Gasteiger partial charge in [-0.2, -0.15) is 0 Å². The van der Waals surface area contributed by atoms with E-state index in [4.69, 9.17) is 4.74 Å². The third kappa shape index (κ3) is 5.82. The number of anilines is 2. The number of nitrogens with one attached hydrogen (secondary N) is 3. The number of hydrogen-bond acceptors (Lipinski definition) is 3. The minimum Gasteiger partial charge on any atom is -0.378 e. The van der Waals surface area contributed by atoms with E-state index in [1.54, 1.807) is 0 Å². The van der Waals surface area contributed by atoms with Crippen LogP contribution in [0.15, 0.2) is 54.6 Å². The molecule has 142 valence electrons. The Morgan fingerprint density at radius 2 is 1.70 bits per heavy atom. The van der Waals surface area contributed by atoms with Crippen LogP contribution in [0.2, 0.25) is 0 Å². The van der Waals surface area contributed by atoms with Crippen molar-refractivity contribution in [3.63, 3.8) is 0 Å². The lowest BCUT2D eigenvalue weighted by atomic mass is 10.1. The predicted molar refractivity (Wildman–Crippen MR) is 106 cm³/mol. The van der Waals surface area contributed by atoms with Crippen molar-refractivity contribution in [2.45, 2.75) is 38.3 Å². The van der Waals surface area contributed by atoms with Crippen molar-refractivity contribution in [1.82, 2.24) is 5.32 Å². The van der Waals surface area contributed by atoms with Crippen molar-refractivity contribution >= 4 is 23.3 Å². The summed E-state index contributed by atoms with van der Waals surface area (Å²) in [5.41, 5.74) is 2.39. The van der Waals surface area contributed by atoms with Gasteiger partial charge >= 0.3 is 6.03 Å². The molecular weight excluding hydrogens is 342 g/mol. The normalized spacial score (nSPS) is 17.1. The van der Waals surface area contributed by atoms with Gasteiger partial charge in [-0.05, 0) is 49.6 Å². The third-order valence-corrected chi connectivity index (χ3v) is 4.51. The van der Waals surface area contributed by atoms with Gasteiger partial charge in [-0.1, -0.05) is 30.3 Å². The number of rotatable bonds is 6. The topological polar surface area (TPSA) is 79.5 Å². The second-order valence-corrected chi connectivity index (χ2v) is 6.70. The molecule has 6 nitrogen and oxygen atoms in total. The van der Waals surface area contributed by atoms with Crippen LogP contribution >= 0.6 is 0 Å². The van der Waals surface area contributed by atoms with E-state index in [2.05, 4.69) is 16.0 Å². The van der Waals surface area contributed by atoms with Crippen LogP contribution < -0.4 is 16.0 Å². The summed E-state index contributed by atoms with van der Waals surface area (Å²) >= 11 is 0. The monoisotopic (exact) mass is 367 g/mol. The minimum absolute atomic E-state index is 0.00107. The standard InChI is InChI=1S/C21H25N3O3/c1-15(22-20(25)14-19-8-5-13-27-19)16-9-11-18(12-10-16)24-21(26)23-17-6-3-2-4-7-17/h2-4,6-7,9-12,15,19H,5,8,13-14H2,1H3,(H,22,25)(H2,23,24,26)/t15-,19+/m0/s1. The van der Waals surface area contributed by atoms with E-state index in [0.717, 1.165) is 30.7 Å². The first-order chi connectivity index (χ1) is 13.1. The first kappa shape index (κ1) is 18.9. The van der Waals surface area contributed by atoms with Crippen LogP contribution in [0.3, 0.4) is 0 Å². The molecule has 2 aromatic carbocycles. The molecule has 2 aromatic rings. The molecule has 3 N–H and O–H groups in total. The summed E-state index contributed by atoms with van der Waals surface area (Å²) in [5, 5.41) is 8.56. The molecule has 0 saturated carbocycles. The second-order valence-electron chi connectivity index (χ2n) is 6.70. The van der Waals surface area contributed by atoms with E-state index < -0.39 is 0 Å². The molecule has 1 saturated heterocycles. The molecular formula is C21H25N3O3. The van der Waals surface area contributed by atoms with Gasteiger partial charge in [-0.25, -0.2) is 4.79 Å². The van der Waals surface area contributed by atoms with Gasteiger partial charge in [0.05, 0.1) is 18.6 Å². The fraction of sp³-hybridized carbons (Fsp3) is 0.333. The highest BCUT2D eigenvalue weighted by atomic mass is 16.5. The molecule has 2 atom stereocenters. The molecule has 0 unspecified atom stereocenters. The van der Waals surface area contributed by atoms with E-state index in [9.17, 15) is 9.59 Å². The number of hydrogen-bond donors (Lipinski definition) is 3. The predicted octanol–water partition coefficient (Wildman–Crippen LogP) is 4.08. The first-order valence-corrected chi connectivity index (χ1v) is 9.24. The Morgan fingerprint density at radius 1 is 1.04 bits per heavy atom. The number of carbonyl (C=O) groups excluding carboxylic acids is 2. The quantitative estimate of drug-likeness (QED) is 0.720. The van der Waals surface area contributed by atoms with E-state index in [0.29, 0.717) is 12.1 Å². The van der Waals surface area contributed by atoms with Gasteiger partial charge in [0.15, 0.2) is 0 Å². The lowest BCUT2D eigenvalue weighted by molar-refractivity contribution is -0.123. The van der Waals surface area contributed by atoms with E-state index in [1.807, 2.05) is 61.5 Å². The molecule has 1 fully saturated rings. The molecule has 27 heavy (non-hydrogen) atoms. The zero-order valence-electron chi connectivity index (χ0n) is 15.4. The highest BCUT2D eigenvalue weighted by Gasteiger charge is 2.20. The minimum atomic E-state index is -0.299. The molecule has 1 aliphatic heterocycles. The summed E-state index contributed by atoms with van der Waals surface area (Å²) in [6.45, 7) is 2.69. The largest absolute Gasteiger partial charge is 0.378 e. The molecule has 3 amide bonds. The highest BCUT2D eigenvalue weighted by molar-refractivity contribution is 5.99. The number of ether oxygens (including phenoxy) is 1. The summed E-state index contributed by atoms with van der Waals surface area (Å²) in [5.74, 6) is -0.00107. The number of carbonyl (C=O) groups is 2. The summed E-state index contributed by atoms with van der Waals surface area (Å²) in [6, 6.07) is 16.3. The van der Waals surface area contributed by atoms with Crippen LogP contribution in [-0.2, 0) is 9.53 Å². The SMILES string of the molecule is C[C@H](NC(=O)C[C@H]1CCCO1)c1ccc(NC(=O)Nc2ccccc2)cc1. The maximum absolute atomic E-state index is 12.1. The average molecular weight is 367 g/mol. The van der Waals surface area contributed by atoms with E-state index >= 15 is 0 Å². The van der Waals surface area contributed by atoms with Crippen LogP contribution in [0, 0.1) is 0 Å². The summed E-state index contributed by atoms with van der Waals surface area (Å²) in [4.78, 5) is 24.1. The summed E-state index contributed by atoms with van der Waals surface area (Å²) in [7, 11) is 0. The fourth-order valence-electron chi connectivity index (χ4n) is 3.07. The van der Waals surface area contributed by atoms with Crippen molar-refractivity contribution < 1.29 is 14.3 Å². The molecule has 3 rings (SSSR count). The van der Waals surface area contributed by atoms with Crippen LogP contribution in [-0.4, -0.2) is 24.6 Å². The molecule has 0 aliphatic carbocycles. The lowest BCUT2D eigenvalue weighted by Crippen LogP contribution is -2.29. The maximum Gasteiger partial charge on any atom is 0.323 e. The smallest absolute Gasteiger partial charge is 0.323 e. The van der Waals surface area contributed by atoms with Gasteiger partial charge in [0.1, 0.15) is 0 Å². The number of para-hydroxylation sites is 1. The molecule has 1 aliphatic rings. The van der Waals surface area contributed by atoms with Crippen LogP contribution in [0.5, 0.6) is 0 Å². The Hall–Kier alpha value is -2.86. The van der Waals surface area contributed by atoms with Gasteiger partial charge in [0.2, 0.25) is 5.91 Å². The Balaban J connectivity index is 1.48. The van der Waals surface area contributed by atoms with Gasteiger partial charge in [-0.15, -0.1) is 0 Å². The molecule has 0 radical (unpaired) electrons. The lowest BCUT2D eigenvalue weighted by Gasteiger charge is -2.16. The van der Waals surface area contributed by atoms with E-state index in [1.165, 1.54) is 0 Å². The van der Waals surface area contributed by atoms with Crippen LogP contribution in [0.4, 0.5) is 16.2 Å². The molecule has 0 aromatic heterocycles. The van der Waals surface area contributed by atoms with Crippen molar-refractivity contribution in [2.24, 2.45) is 0 Å². The zero-order chi connectivity index (χ0) is 19.1. The molecule has 0 bridgehead atoms. The summed E-state index contributed by atoms with van der Waals surface area (Å²) < 4.78 is 5.50. The Kier molecular flexibility index (Phi) is 6.44. The van der Waals surface area contributed by atoms with Crippen LogP contribution in [0.1, 0.15) is 37.8 Å². The molecule has 1 heterocycles. The van der Waals surface area contributed by atoms with E-state index in [-0.39, 0.29) is 24.1 Å². The molecule has 0 spiro atoms. The number of benzene rings is 2. The first-order valence-electron chi connectivity index (χ1n) is 9.24. The zero-order valence-corrected chi connectivity index (χ0v) is 15.4. The summed E-state index contributed by atoms with van der Waals surface area (Å²) in [6.07, 6.45) is 2.43. The third-order valence-electron chi connectivity index (χ3n) is 4.51. The Bertz CT molecular complexity index is 756. The van der Waals surface area contributed by atoms with Crippen molar-refractivity contribution in [3.8, 4) is 0 Å². The van der Waals surface area contributed by atoms with Crippen molar-refractivity contribution in [1.29, 1.82) is 0 Å². The van der Waals surface area contributed by atoms with Crippen LogP contribution in [0.25, 0.3) is 0 Å². The van der Waals surface area contributed by atoms with Gasteiger partial charge in [0.25, 0.3) is 0 Å². The number of urea groups is 1. The average Bonchev–Trinajstić information content (AvgIpc) is 3.15. The van der Waals surface area contributed by atoms with Gasteiger partial charge in [0, 0.05) is 18.0 Å². The van der Waals surface area contributed by atoms with Crippen molar-refractivity contribution in [3.05, 3.63) is 60.2 Å². The second kappa shape index (κ2) is 9.19. The maximum atomic E-state index is 12.1.